The molecular weight excluding hydrogens is 252 g/mol. The Morgan fingerprint density at radius 2 is 2.20 bits per heavy atom. The van der Waals surface area contributed by atoms with Gasteiger partial charge in [-0.15, -0.1) is 0 Å². The van der Waals surface area contributed by atoms with E-state index in [-0.39, 0.29) is 5.97 Å². The number of esters is 1. The number of nitrogens with zero attached hydrogens (tertiary/aromatic N) is 1. The molecule has 20 heavy (non-hydrogen) atoms. The van der Waals surface area contributed by atoms with E-state index in [1.165, 1.54) is 26.6 Å². The van der Waals surface area contributed by atoms with E-state index in [1.807, 2.05) is 0 Å². The number of ether oxygens (including phenoxy) is 1. The predicted molar refractivity (Wildman–Crippen MR) is 80.6 cm³/mol. The second-order valence-corrected chi connectivity index (χ2v) is 6.79. The second-order valence-electron chi connectivity index (χ2n) is 6.79. The van der Waals surface area contributed by atoms with Crippen molar-refractivity contribution < 1.29 is 9.53 Å². The summed E-state index contributed by atoms with van der Waals surface area (Å²) in [7, 11) is 1.50. The van der Waals surface area contributed by atoms with Crippen molar-refractivity contribution in [2.24, 2.45) is 11.8 Å². The van der Waals surface area contributed by atoms with Gasteiger partial charge < -0.3 is 15.0 Å². The van der Waals surface area contributed by atoms with E-state index in [2.05, 4.69) is 31.0 Å². The Morgan fingerprint density at radius 1 is 1.45 bits per heavy atom. The first-order valence-corrected chi connectivity index (χ1v) is 8.10. The van der Waals surface area contributed by atoms with Crippen molar-refractivity contribution in [2.75, 3.05) is 26.7 Å². The zero-order valence-electron chi connectivity index (χ0n) is 13.4. The monoisotopic (exact) mass is 282 g/mol. The molecule has 1 saturated heterocycles. The molecule has 1 aliphatic heterocycles. The molecule has 1 aliphatic carbocycles. The summed E-state index contributed by atoms with van der Waals surface area (Å²) in [4.78, 5) is 14.8. The van der Waals surface area contributed by atoms with Gasteiger partial charge in [-0.05, 0) is 50.6 Å². The molecule has 0 radical (unpaired) electrons. The predicted octanol–water partition coefficient (Wildman–Crippen LogP) is 2.04. The number of nitrogens with one attached hydrogen (secondary N) is 1. The summed E-state index contributed by atoms with van der Waals surface area (Å²) in [6.07, 6.45) is 4.22. The van der Waals surface area contributed by atoms with Crippen LogP contribution in [-0.4, -0.2) is 49.2 Å². The zero-order valence-corrected chi connectivity index (χ0v) is 13.4. The SMILES string of the molecule is CCNC1(C(=O)OC)CCC(N2CCC(C(C)C)C2)C1. The minimum Gasteiger partial charge on any atom is -0.468 e. The first kappa shape index (κ1) is 15.8. The van der Waals surface area contributed by atoms with E-state index in [1.54, 1.807) is 0 Å². The zero-order chi connectivity index (χ0) is 14.8. The van der Waals surface area contributed by atoms with E-state index >= 15 is 0 Å². The first-order chi connectivity index (χ1) is 9.52. The summed E-state index contributed by atoms with van der Waals surface area (Å²) >= 11 is 0. The quantitative estimate of drug-likeness (QED) is 0.784. The number of likely N-dealkylation sites (N-methyl/N-ethyl adjacent to an activating group) is 1. The highest BCUT2D eigenvalue weighted by Gasteiger charge is 2.48. The maximum absolute atomic E-state index is 12.2. The first-order valence-electron chi connectivity index (χ1n) is 8.10. The summed E-state index contributed by atoms with van der Waals surface area (Å²) < 4.78 is 5.04. The van der Waals surface area contributed by atoms with Crippen LogP contribution in [0, 0.1) is 11.8 Å². The molecule has 0 amide bonds. The van der Waals surface area contributed by atoms with Crippen LogP contribution in [0.15, 0.2) is 0 Å². The second kappa shape index (κ2) is 6.44. The van der Waals surface area contributed by atoms with E-state index < -0.39 is 5.54 Å². The molecule has 1 saturated carbocycles. The lowest BCUT2D eigenvalue weighted by Gasteiger charge is -2.29. The minimum absolute atomic E-state index is 0.0820. The van der Waals surface area contributed by atoms with Crippen LogP contribution in [0.5, 0.6) is 0 Å². The number of carbonyl (C=O) groups excluding carboxylic acids is 1. The van der Waals surface area contributed by atoms with Crippen LogP contribution in [0.1, 0.15) is 46.5 Å². The molecule has 0 aromatic rings. The van der Waals surface area contributed by atoms with Crippen molar-refractivity contribution in [1.29, 1.82) is 0 Å². The van der Waals surface area contributed by atoms with Crippen molar-refractivity contribution in [3.05, 3.63) is 0 Å². The maximum Gasteiger partial charge on any atom is 0.326 e. The third-order valence-electron chi connectivity index (χ3n) is 5.30. The Kier molecular flexibility index (Phi) is 5.08. The van der Waals surface area contributed by atoms with Crippen LogP contribution in [0.4, 0.5) is 0 Å². The standard InChI is InChI=1S/C16H30N2O2/c1-5-17-16(15(19)20-4)8-6-14(10-16)18-9-7-13(11-18)12(2)3/h12-14,17H,5-11H2,1-4H3. The van der Waals surface area contributed by atoms with E-state index in [0.717, 1.165) is 37.6 Å². The summed E-state index contributed by atoms with van der Waals surface area (Å²) in [6, 6.07) is 0.539. The van der Waals surface area contributed by atoms with Crippen molar-refractivity contribution in [1.82, 2.24) is 10.2 Å². The van der Waals surface area contributed by atoms with Crippen molar-refractivity contribution in [2.45, 2.75) is 58.0 Å². The van der Waals surface area contributed by atoms with Crippen LogP contribution in [0.3, 0.4) is 0 Å². The number of likely N-dealkylation sites (tertiary alicyclic amines) is 1. The largest absolute Gasteiger partial charge is 0.468 e. The molecule has 1 N–H and O–H groups in total. The average molecular weight is 282 g/mol. The van der Waals surface area contributed by atoms with Crippen molar-refractivity contribution in [3.63, 3.8) is 0 Å². The Hall–Kier alpha value is -0.610. The van der Waals surface area contributed by atoms with Gasteiger partial charge in [-0.1, -0.05) is 20.8 Å². The lowest BCUT2D eigenvalue weighted by Crippen LogP contribution is -2.51. The fourth-order valence-corrected chi connectivity index (χ4v) is 3.97. The summed E-state index contributed by atoms with van der Waals surface area (Å²) in [5.41, 5.74) is -0.440. The molecule has 2 aliphatic rings. The van der Waals surface area contributed by atoms with Gasteiger partial charge in [-0.3, -0.25) is 4.79 Å². The molecule has 0 spiro atoms. The maximum atomic E-state index is 12.2. The van der Waals surface area contributed by atoms with E-state index in [4.69, 9.17) is 4.74 Å². The molecule has 2 rings (SSSR count). The summed E-state index contributed by atoms with van der Waals surface area (Å²) in [5.74, 6) is 1.50. The number of methoxy groups -OCH3 is 1. The van der Waals surface area contributed by atoms with Crippen LogP contribution in [0.2, 0.25) is 0 Å². The van der Waals surface area contributed by atoms with Gasteiger partial charge in [0.05, 0.1) is 7.11 Å². The van der Waals surface area contributed by atoms with Crippen molar-refractivity contribution >= 4 is 5.97 Å². The van der Waals surface area contributed by atoms with Crippen molar-refractivity contribution in [3.8, 4) is 0 Å². The third-order valence-corrected chi connectivity index (χ3v) is 5.30. The molecule has 2 fully saturated rings. The highest BCUT2D eigenvalue weighted by atomic mass is 16.5. The fraction of sp³-hybridized carbons (Fsp3) is 0.938. The molecule has 3 atom stereocenters. The van der Waals surface area contributed by atoms with Gasteiger partial charge >= 0.3 is 5.97 Å². The molecule has 1 heterocycles. The molecule has 4 heteroatoms. The number of rotatable bonds is 5. The molecule has 116 valence electrons. The van der Waals surface area contributed by atoms with Gasteiger partial charge in [0.25, 0.3) is 0 Å². The van der Waals surface area contributed by atoms with Crippen LogP contribution >= 0.6 is 0 Å². The van der Waals surface area contributed by atoms with Crippen LogP contribution in [0.25, 0.3) is 0 Å². The lowest BCUT2D eigenvalue weighted by molar-refractivity contribution is -0.148. The summed E-state index contributed by atoms with van der Waals surface area (Å²) in [6.45, 7) is 9.90. The average Bonchev–Trinajstić information content (AvgIpc) is 3.05. The lowest BCUT2D eigenvalue weighted by atomic mass is 9.95. The smallest absolute Gasteiger partial charge is 0.326 e. The molecule has 0 aromatic carbocycles. The number of hydrogen-bond acceptors (Lipinski definition) is 4. The number of carbonyl (C=O) groups is 1. The topological polar surface area (TPSA) is 41.6 Å². The highest BCUT2D eigenvalue weighted by Crippen LogP contribution is 2.37. The molecule has 4 nitrogen and oxygen atoms in total. The third kappa shape index (κ3) is 3.01. The van der Waals surface area contributed by atoms with Gasteiger partial charge in [0.1, 0.15) is 5.54 Å². The van der Waals surface area contributed by atoms with Gasteiger partial charge in [-0.25, -0.2) is 0 Å². The van der Waals surface area contributed by atoms with E-state index in [0.29, 0.717) is 6.04 Å². The summed E-state index contributed by atoms with van der Waals surface area (Å²) in [5, 5.41) is 3.39. The van der Waals surface area contributed by atoms with Gasteiger partial charge in [0.2, 0.25) is 0 Å². The highest BCUT2D eigenvalue weighted by molar-refractivity contribution is 5.81. The molecule has 0 bridgehead atoms. The van der Waals surface area contributed by atoms with Gasteiger partial charge in [0.15, 0.2) is 0 Å². The number of hydrogen-bond donors (Lipinski definition) is 1. The minimum atomic E-state index is -0.440. The Morgan fingerprint density at radius 3 is 2.75 bits per heavy atom. The molecule has 0 aromatic heterocycles. The Balaban J connectivity index is 1.98. The van der Waals surface area contributed by atoms with Gasteiger partial charge in [0, 0.05) is 12.6 Å². The van der Waals surface area contributed by atoms with Crippen LogP contribution < -0.4 is 5.32 Å². The van der Waals surface area contributed by atoms with Gasteiger partial charge in [-0.2, -0.15) is 0 Å². The normalized spacial score (nSPS) is 34.9. The van der Waals surface area contributed by atoms with Crippen LogP contribution in [-0.2, 0) is 9.53 Å². The molecular formula is C16H30N2O2. The fourth-order valence-electron chi connectivity index (χ4n) is 3.97. The molecule has 3 unspecified atom stereocenters. The van der Waals surface area contributed by atoms with E-state index in [9.17, 15) is 4.79 Å². The Labute approximate surface area is 123 Å². The Bertz CT molecular complexity index is 345.